The van der Waals surface area contributed by atoms with Crippen molar-refractivity contribution in [2.45, 2.75) is 90.6 Å². The molecule has 0 aliphatic carbocycles. The van der Waals surface area contributed by atoms with Gasteiger partial charge in [-0.05, 0) is 31.6 Å². The second-order valence-corrected chi connectivity index (χ2v) is 8.67. The lowest BCUT2D eigenvalue weighted by Crippen LogP contribution is -2.61. The molecule has 0 aliphatic heterocycles. The first-order chi connectivity index (χ1) is 15.2. The Labute approximate surface area is 193 Å². The molecule has 0 spiro atoms. The predicted octanol–water partition coefficient (Wildman–Crippen LogP) is -0.809. The number of nitrogens with two attached hydrogens (primary N) is 1. The van der Waals surface area contributed by atoms with E-state index in [4.69, 9.17) is 10.8 Å². The largest absolute Gasteiger partial charge is 0.481 e. The minimum Gasteiger partial charge on any atom is -0.481 e. The van der Waals surface area contributed by atoms with Crippen molar-refractivity contribution < 1.29 is 39.3 Å². The number of carbonyl (C=O) groups is 5. The van der Waals surface area contributed by atoms with Crippen molar-refractivity contribution in [3.63, 3.8) is 0 Å². The normalized spacial score (nSPS) is 16.6. The summed E-state index contributed by atoms with van der Waals surface area (Å²) < 4.78 is 0. The number of carboxylic acids is 2. The molecular formula is C21H38N4O8. The molecule has 0 aliphatic rings. The van der Waals surface area contributed by atoms with Gasteiger partial charge >= 0.3 is 11.9 Å². The van der Waals surface area contributed by atoms with Crippen molar-refractivity contribution >= 4 is 29.7 Å². The molecular weight excluding hydrogens is 436 g/mol. The molecule has 0 saturated heterocycles. The minimum absolute atomic E-state index is 0.160. The zero-order valence-electron chi connectivity index (χ0n) is 19.8. The van der Waals surface area contributed by atoms with E-state index in [9.17, 15) is 34.2 Å². The summed E-state index contributed by atoms with van der Waals surface area (Å²) in [5, 5.41) is 35.1. The van der Waals surface area contributed by atoms with Crippen LogP contribution in [0.5, 0.6) is 0 Å². The van der Waals surface area contributed by atoms with Crippen LogP contribution in [0.15, 0.2) is 0 Å². The summed E-state index contributed by atoms with van der Waals surface area (Å²) in [7, 11) is 0. The van der Waals surface area contributed by atoms with E-state index < -0.39 is 66.4 Å². The van der Waals surface area contributed by atoms with Gasteiger partial charge in [-0.3, -0.25) is 19.2 Å². The van der Waals surface area contributed by atoms with E-state index in [1.54, 1.807) is 6.92 Å². The Morgan fingerprint density at radius 3 is 1.79 bits per heavy atom. The number of amides is 3. The number of hydrogen-bond donors (Lipinski definition) is 7. The third kappa shape index (κ3) is 11.1. The van der Waals surface area contributed by atoms with Gasteiger partial charge in [-0.1, -0.05) is 34.1 Å². The molecule has 0 aromatic heterocycles. The van der Waals surface area contributed by atoms with Gasteiger partial charge in [0.2, 0.25) is 17.7 Å². The lowest BCUT2D eigenvalue weighted by molar-refractivity contribution is -0.144. The lowest BCUT2D eigenvalue weighted by Gasteiger charge is -2.29. The second-order valence-electron chi connectivity index (χ2n) is 8.67. The molecule has 0 aromatic carbocycles. The van der Waals surface area contributed by atoms with E-state index >= 15 is 0 Å². The molecule has 0 rings (SSSR count). The van der Waals surface area contributed by atoms with Crippen LogP contribution in [-0.4, -0.2) is 75.3 Å². The van der Waals surface area contributed by atoms with Crippen LogP contribution in [0, 0.1) is 11.8 Å². The highest BCUT2D eigenvalue weighted by Crippen LogP contribution is 2.11. The van der Waals surface area contributed by atoms with Crippen molar-refractivity contribution in [3.8, 4) is 0 Å². The molecule has 33 heavy (non-hydrogen) atoms. The summed E-state index contributed by atoms with van der Waals surface area (Å²) in [6.07, 6.45) is -1.36. The van der Waals surface area contributed by atoms with Crippen molar-refractivity contribution in [1.82, 2.24) is 16.0 Å². The van der Waals surface area contributed by atoms with E-state index in [0.29, 0.717) is 12.8 Å². The number of rotatable bonds is 15. The van der Waals surface area contributed by atoms with Crippen molar-refractivity contribution in [2.24, 2.45) is 17.6 Å². The van der Waals surface area contributed by atoms with Crippen LogP contribution in [0.25, 0.3) is 0 Å². The van der Waals surface area contributed by atoms with E-state index in [1.165, 1.54) is 6.92 Å². The molecule has 0 fully saturated rings. The Balaban J connectivity index is 5.46. The summed E-state index contributed by atoms with van der Waals surface area (Å²) in [4.78, 5) is 60.0. The maximum atomic E-state index is 12.9. The zero-order valence-corrected chi connectivity index (χ0v) is 19.8. The number of carbonyl (C=O) groups excluding carboxylic acids is 3. The Kier molecular flexibility index (Phi) is 13.2. The smallest absolute Gasteiger partial charge is 0.326 e. The highest BCUT2D eigenvalue weighted by Gasteiger charge is 2.34. The van der Waals surface area contributed by atoms with Crippen LogP contribution in [0.2, 0.25) is 0 Å². The SMILES string of the molecule is CCC(C)C(NC(=O)C(N)CC(C)C)C(=O)NC(C(=O)NC(CCC(=O)O)C(=O)O)C(C)O. The minimum atomic E-state index is -1.53. The molecule has 0 saturated carbocycles. The molecule has 12 nitrogen and oxygen atoms in total. The third-order valence-electron chi connectivity index (χ3n) is 5.18. The molecule has 190 valence electrons. The van der Waals surface area contributed by atoms with Crippen molar-refractivity contribution in [2.75, 3.05) is 0 Å². The van der Waals surface area contributed by atoms with E-state index in [-0.39, 0.29) is 18.3 Å². The van der Waals surface area contributed by atoms with Crippen LogP contribution in [-0.2, 0) is 24.0 Å². The number of aliphatic hydroxyl groups is 1. The van der Waals surface area contributed by atoms with Gasteiger partial charge in [0, 0.05) is 6.42 Å². The van der Waals surface area contributed by atoms with Crippen LogP contribution >= 0.6 is 0 Å². The number of nitrogens with one attached hydrogen (secondary N) is 3. The first-order valence-corrected chi connectivity index (χ1v) is 11.0. The summed E-state index contributed by atoms with van der Waals surface area (Å²) in [6, 6.07) is -4.93. The van der Waals surface area contributed by atoms with Crippen LogP contribution < -0.4 is 21.7 Å². The quantitative estimate of drug-likeness (QED) is 0.158. The monoisotopic (exact) mass is 474 g/mol. The van der Waals surface area contributed by atoms with Crippen molar-refractivity contribution in [3.05, 3.63) is 0 Å². The van der Waals surface area contributed by atoms with Gasteiger partial charge in [-0.25, -0.2) is 4.79 Å². The highest BCUT2D eigenvalue weighted by atomic mass is 16.4. The van der Waals surface area contributed by atoms with Gasteiger partial charge < -0.3 is 37.0 Å². The summed E-state index contributed by atoms with van der Waals surface area (Å²) >= 11 is 0. The van der Waals surface area contributed by atoms with Gasteiger partial charge in [0.15, 0.2) is 0 Å². The molecule has 0 radical (unpaired) electrons. The fourth-order valence-electron chi connectivity index (χ4n) is 3.01. The fourth-order valence-corrected chi connectivity index (χ4v) is 3.01. The Morgan fingerprint density at radius 1 is 0.848 bits per heavy atom. The maximum Gasteiger partial charge on any atom is 0.326 e. The average molecular weight is 475 g/mol. The van der Waals surface area contributed by atoms with Crippen LogP contribution in [0.4, 0.5) is 0 Å². The fraction of sp³-hybridized carbons (Fsp3) is 0.762. The molecule has 12 heteroatoms. The summed E-state index contributed by atoms with van der Waals surface area (Å²) in [6.45, 7) is 8.57. The standard InChI is InChI=1S/C21H38N4O8/c1-6-11(4)16(24-18(29)13(22)9-10(2)3)19(30)25-17(12(5)26)20(31)23-14(21(32)33)7-8-15(27)28/h10-14,16-17,26H,6-9,22H2,1-5H3,(H,23,31)(H,24,29)(H,25,30)(H,27,28)(H,32,33). The van der Waals surface area contributed by atoms with Crippen molar-refractivity contribution in [1.29, 1.82) is 0 Å². The van der Waals surface area contributed by atoms with Gasteiger partial charge in [0.1, 0.15) is 18.1 Å². The third-order valence-corrected chi connectivity index (χ3v) is 5.18. The van der Waals surface area contributed by atoms with E-state index in [0.717, 1.165) is 0 Å². The number of aliphatic carboxylic acids is 2. The topological polar surface area (TPSA) is 208 Å². The molecule has 3 amide bonds. The Hall–Kier alpha value is -2.73. The first kappa shape index (κ1) is 30.3. The van der Waals surface area contributed by atoms with Gasteiger partial charge in [0.05, 0.1) is 12.1 Å². The number of hydrogen-bond acceptors (Lipinski definition) is 7. The molecule has 0 aromatic rings. The molecule has 0 heterocycles. The van der Waals surface area contributed by atoms with Crippen LogP contribution in [0.3, 0.4) is 0 Å². The van der Waals surface area contributed by atoms with Gasteiger partial charge in [-0.2, -0.15) is 0 Å². The molecule has 6 unspecified atom stereocenters. The van der Waals surface area contributed by atoms with Gasteiger partial charge in [-0.15, -0.1) is 0 Å². The average Bonchev–Trinajstić information content (AvgIpc) is 2.70. The van der Waals surface area contributed by atoms with Gasteiger partial charge in [0.25, 0.3) is 0 Å². The molecule has 0 bridgehead atoms. The zero-order chi connectivity index (χ0) is 25.9. The Bertz CT molecular complexity index is 698. The van der Waals surface area contributed by atoms with E-state index in [1.807, 2.05) is 20.8 Å². The number of carboxylic acid groups (broad SMARTS) is 2. The maximum absolute atomic E-state index is 12.9. The predicted molar refractivity (Wildman–Crippen MR) is 119 cm³/mol. The second kappa shape index (κ2) is 14.4. The molecule has 6 atom stereocenters. The number of aliphatic hydroxyl groups excluding tert-OH is 1. The Morgan fingerprint density at radius 2 is 1.36 bits per heavy atom. The van der Waals surface area contributed by atoms with E-state index in [2.05, 4.69) is 16.0 Å². The molecule has 8 N–H and O–H groups in total. The first-order valence-electron chi connectivity index (χ1n) is 11.0. The van der Waals surface area contributed by atoms with Crippen LogP contribution in [0.1, 0.15) is 60.3 Å². The highest BCUT2D eigenvalue weighted by molar-refractivity contribution is 5.94. The lowest BCUT2D eigenvalue weighted by atomic mass is 9.96. The summed E-state index contributed by atoms with van der Waals surface area (Å²) in [5.74, 6) is -5.13. The summed E-state index contributed by atoms with van der Waals surface area (Å²) in [5.41, 5.74) is 5.89.